The van der Waals surface area contributed by atoms with Crippen molar-refractivity contribution < 1.29 is 36.9 Å². The second-order valence-corrected chi connectivity index (χ2v) is 11.9. The van der Waals surface area contributed by atoms with E-state index in [-0.39, 0.29) is 17.1 Å². The largest absolute Gasteiger partial charge is 2.00 e. The standard InChI is InChI=1S/C36H46N4.2C2H4O2.Fe/c1-9-21-22(10-2)30-18-32-25(13-5)26(14-6)34(39-32)20-36-28(16-8)27(15-7)35(40-36)19-33-24(12-4)23(11-3)31(38-33)17-29(21)37-30;2*1-2(3)4;/h17-20,37-38H,9-16H2,1-8H3;2*1H3,(H,3,4);/q;;;+2/p-2. The first-order chi connectivity index (χ1) is 22.9. The Morgan fingerprint density at radius 3 is 0.918 bits per heavy atom. The van der Waals surface area contributed by atoms with E-state index in [0.717, 1.165) is 88.0 Å². The Balaban J connectivity index is 0.000000837. The van der Waals surface area contributed by atoms with Crippen LogP contribution in [0.4, 0.5) is 0 Å². The number of aliphatic carboxylic acids is 2. The molecule has 0 saturated carbocycles. The van der Waals surface area contributed by atoms with E-state index in [1.54, 1.807) is 0 Å². The Labute approximate surface area is 302 Å². The summed E-state index contributed by atoms with van der Waals surface area (Å²) in [5, 5.41) is 17.8. The van der Waals surface area contributed by atoms with Gasteiger partial charge in [-0.15, -0.1) is 0 Å². The van der Waals surface area contributed by atoms with Crippen molar-refractivity contribution in [3.63, 3.8) is 0 Å². The molecule has 2 aliphatic rings. The summed E-state index contributed by atoms with van der Waals surface area (Å²) in [6, 6.07) is 9.24. The van der Waals surface area contributed by atoms with Crippen LogP contribution in [0, 0.1) is 0 Å². The maximum atomic E-state index is 8.89. The number of carbonyl (C=O) groups excluding carboxylic acids is 2. The molecular formula is C40H52FeN4O4. The molecule has 0 atom stereocenters. The first kappa shape index (κ1) is 41.2. The van der Waals surface area contributed by atoms with Gasteiger partial charge in [-0.25, -0.2) is 9.97 Å². The average Bonchev–Trinajstić information content (AvgIpc) is 3.75. The molecule has 3 aromatic heterocycles. The van der Waals surface area contributed by atoms with Gasteiger partial charge in [-0.1, -0.05) is 55.4 Å². The number of aromatic nitrogens is 4. The molecule has 49 heavy (non-hydrogen) atoms. The number of rotatable bonds is 8. The van der Waals surface area contributed by atoms with Crippen molar-refractivity contribution >= 4 is 56.3 Å². The van der Waals surface area contributed by atoms with Gasteiger partial charge in [0, 0.05) is 34.0 Å². The molecule has 9 heteroatoms. The average molecular weight is 709 g/mol. The van der Waals surface area contributed by atoms with Gasteiger partial charge in [-0.05, 0) is 134 Å². The predicted octanol–water partition coefficient (Wildman–Crippen LogP) is 7.54. The van der Waals surface area contributed by atoms with Gasteiger partial charge in [0.15, 0.2) is 0 Å². The SMILES string of the molecule is CC(=O)[O-].CC(=O)[O-].CCC1=C(CC)c2cc3[nH]c(cc4[nH]c(cc5nc(cc1n2)C(CC)=C5CC)c(CC)c4CC)c(CC)c3CC.[Fe+2]. The number of carboxylic acid groups (broad SMARTS) is 2. The van der Waals surface area contributed by atoms with Crippen molar-refractivity contribution in [3.8, 4) is 0 Å². The third-order valence-corrected chi connectivity index (χ3v) is 8.97. The van der Waals surface area contributed by atoms with Gasteiger partial charge in [0.1, 0.15) is 0 Å². The fraction of sp³-hybridized carbons (Fsp3) is 0.450. The van der Waals surface area contributed by atoms with Gasteiger partial charge in [0.05, 0.1) is 22.8 Å². The number of nitrogens with zero attached hydrogens (tertiary/aromatic N) is 2. The minimum Gasteiger partial charge on any atom is -0.550 e. The van der Waals surface area contributed by atoms with Crippen molar-refractivity contribution in [1.82, 2.24) is 19.9 Å². The van der Waals surface area contributed by atoms with Crippen molar-refractivity contribution in [2.45, 2.75) is 121 Å². The van der Waals surface area contributed by atoms with Crippen molar-refractivity contribution in [1.29, 1.82) is 0 Å². The zero-order chi connectivity index (χ0) is 35.7. The summed E-state index contributed by atoms with van der Waals surface area (Å²) in [6.07, 6.45) is 7.84. The van der Waals surface area contributed by atoms with E-state index in [0.29, 0.717) is 0 Å². The van der Waals surface area contributed by atoms with Gasteiger partial charge >= 0.3 is 17.1 Å². The number of aryl methyl sites for hydroxylation is 4. The van der Waals surface area contributed by atoms with Crippen molar-refractivity contribution in [3.05, 3.63) is 69.3 Å². The predicted molar refractivity (Wildman–Crippen MR) is 195 cm³/mol. The summed E-state index contributed by atoms with van der Waals surface area (Å²) in [6.45, 7) is 20.1. The van der Waals surface area contributed by atoms with Gasteiger partial charge in [0.25, 0.3) is 0 Å². The number of carbonyl (C=O) groups is 2. The summed E-state index contributed by atoms with van der Waals surface area (Å²) in [4.78, 5) is 36.0. The molecule has 2 N–H and O–H groups in total. The fourth-order valence-corrected chi connectivity index (χ4v) is 7.10. The van der Waals surface area contributed by atoms with Crippen LogP contribution in [0.5, 0.6) is 0 Å². The van der Waals surface area contributed by atoms with Crippen LogP contribution in [0.1, 0.15) is 140 Å². The Hall–Kier alpha value is -3.94. The quantitative estimate of drug-likeness (QED) is 0.232. The second kappa shape index (κ2) is 18.7. The van der Waals surface area contributed by atoms with E-state index >= 15 is 0 Å². The molecule has 0 unspecified atom stereocenters. The Kier molecular flexibility index (Phi) is 15.8. The van der Waals surface area contributed by atoms with Crippen molar-refractivity contribution in [2.75, 3.05) is 0 Å². The van der Waals surface area contributed by atoms with Crippen LogP contribution in [0.2, 0.25) is 0 Å². The number of hydrogen-bond donors (Lipinski definition) is 2. The topological polar surface area (TPSA) is 138 Å². The van der Waals surface area contributed by atoms with Crippen LogP contribution >= 0.6 is 0 Å². The summed E-state index contributed by atoms with van der Waals surface area (Å²) in [5.41, 5.74) is 20.2. The molecule has 0 radical (unpaired) electrons. The minimum absolute atomic E-state index is 0. The van der Waals surface area contributed by atoms with Crippen LogP contribution in [-0.2, 0) is 52.3 Å². The molecule has 0 aliphatic carbocycles. The normalized spacial score (nSPS) is 12.1. The Morgan fingerprint density at radius 1 is 0.469 bits per heavy atom. The van der Waals surface area contributed by atoms with Gasteiger partial charge in [0.2, 0.25) is 0 Å². The first-order valence-corrected chi connectivity index (χ1v) is 17.5. The smallest absolute Gasteiger partial charge is 0.550 e. The molecule has 5 rings (SSSR count). The molecule has 0 amide bonds. The van der Waals surface area contributed by atoms with E-state index in [9.17, 15) is 0 Å². The first-order valence-electron chi connectivity index (χ1n) is 17.5. The molecule has 8 bridgehead atoms. The third kappa shape index (κ3) is 9.20. The van der Waals surface area contributed by atoms with Crippen LogP contribution in [0.25, 0.3) is 44.4 Å². The molecule has 3 aromatic rings. The third-order valence-electron chi connectivity index (χ3n) is 8.97. The number of nitrogens with one attached hydrogen (secondary N) is 2. The van der Waals surface area contributed by atoms with E-state index in [4.69, 9.17) is 29.8 Å². The molecule has 5 heterocycles. The number of aromatic amines is 2. The minimum atomic E-state index is -1.08. The molecule has 0 aromatic carbocycles. The summed E-state index contributed by atoms with van der Waals surface area (Å²) >= 11 is 0. The zero-order valence-electron chi connectivity index (χ0n) is 30.8. The van der Waals surface area contributed by atoms with Crippen molar-refractivity contribution in [2.24, 2.45) is 0 Å². The summed E-state index contributed by atoms with van der Waals surface area (Å²) in [7, 11) is 0. The van der Waals surface area contributed by atoms with E-state index < -0.39 is 11.9 Å². The molecular weight excluding hydrogens is 656 g/mol. The number of H-pyrrole nitrogens is 2. The Morgan fingerprint density at radius 2 is 0.694 bits per heavy atom. The molecule has 264 valence electrons. The van der Waals surface area contributed by atoms with Crippen LogP contribution < -0.4 is 10.2 Å². The van der Waals surface area contributed by atoms with Crippen LogP contribution in [0.15, 0.2) is 24.3 Å². The molecule has 0 fully saturated rings. The maximum absolute atomic E-state index is 8.89. The van der Waals surface area contributed by atoms with Crippen LogP contribution in [-0.4, -0.2) is 31.9 Å². The number of allylic oxidation sites excluding steroid dienone is 4. The summed E-state index contributed by atoms with van der Waals surface area (Å²) in [5.74, 6) is -2.17. The molecule has 8 nitrogen and oxygen atoms in total. The second-order valence-electron chi connectivity index (χ2n) is 11.9. The molecule has 0 spiro atoms. The van der Waals surface area contributed by atoms with Gasteiger partial charge < -0.3 is 29.8 Å². The van der Waals surface area contributed by atoms with E-state index in [1.165, 1.54) is 66.6 Å². The van der Waals surface area contributed by atoms with Gasteiger partial charge in [-0.2, -0.15) is 0 Å². The molecule has 0 saturated heterocycles. The summed E-state index contributed by atoms with van der Waals surface area (Å²) < 4.78 is 0. The van der Waals surface area contributed by atoms with E-state index in [1.807, 2.05) is 0 Å². The van der Waals surface area contributed by atoms with Gasteiger partial charge in [-0.3, -0.25) is 0 Å². The van der Waals surface area contributed by atoms with E-state index in [2.05, 4.69) is 89.6 Å². The number of carboxylic acids is 2. The number of fused-ring (bicyclic) bond motifs is 8. The fourth-order valence-electron chi connectivity index (χ4n) is 7.10. The Bertz CT molecular complexity index is 1750. The monoisotopic (exact) mass is 708 g/mol. The van der Waals surface area contributed by atoms with Crippen LogP contribution in [0.3, 0.4) is 0 Å². The number of hydrogen-bond acceptors (Lipinski definition) is 6. The maximum Gasteiger partial charge on any atom is 2.00 e. The molecule has 2 aliphatic heterocycles. The zero-order valence-corrected chi connectivity index (χ0v) is 32.0.